The van der Waals surface area contributed by atoms with Gasteiger partial charge in [0.25, 0.3) is 0 Å². The van der Waals surface area contributed by atoms with E-state index >= 15 is 0 Å². The number of carbonyl (C=O) groups is 1. The number of carbonyl (C=O) groups excluding carboxylic acids is 1. The van der Waals surface area contributed by atoms with E-state index in [1.807, 2.05) is 6.92 Å². The molecule has 1 atom stereocenters. The van der Waals surface area contributed by atoms with Gasteiger partial charge in [0, 0.05) is 24.8 Å². The number of anilines is 1. The molecule has 3 rings (SSSR count). The monoisotopic (exact) mass is 469 g/mol. The van der Waals surface area contributed by atoms with Crippen LogP contribution < -0.4 is 10.6 Å². The fraction of sp³-hybridized carbons (Fsp3) is 0.381. The molecule has 162 valence electrons. The first-order chi connectivity index (χ1) is 14.3. The minimum Gasteiger partial charge on any atom is -0.338 e. The number of urea groups is 1. The van der Waals surface area contributed by atoms with Gasteiger partial charge >= 0.3 is 6.03 Å². The van der Waals surface area contributed by atoms with E-state index in [2.05, 4.69) is 10.6 Å². The van der Waals surface area contributed by atoms with E-state index < -0.39 is 10.0 Å². The Kier molecular flexibility index (Phi) is 7.63. The van der Waals surface area contributed by atoms with Crippen molar-refractivity contribution in [3.05, 3.63) is 58.1 Å². The number of hydrogen-bond donors (Lipinski definition) is 2. The van der Waals surface area contributed by atoms with Gasteiger partial charge in [-0.1, -0.05) is 47.3 Å². The number of aryl methyl sites for hydroxylation is 1. The SMILES string of the molecule is Cc1ccc(S(=O)(=O)N2CCCCC2CCNC(=O)Nc2ccc(Cl)c(Cl)c2)cc1. The van der Waals surface area contributed by atoms with Crippen LogP contribution in [0.5, 0.6) is 0 Å². The zero-order valence-electron chi connectivity index (χ0n) is 16.7. The summed E-state index contributed by atoms with van der Waals surface area (Å²) in [6.45, 7) is 2.78. The van der Waals surface area contributed by atoms with Crippen LogP contribution in [0.4, 0.5) is 10.5 Å². The van der Waals surface area contributed by atoms with E-state index in [-0.39, 0.29) is 12.1 Å². The van der Waals surface area contributed by atoms with Crippen LogP contribution in [0.25, 0.3) is 0 Å². The Morgan fingerprint density at radius 3 is 2.53 bits per heavy atom. The lowest BCUT2D eigenvalue weighted by atomic mass is 10.0. The van der Waals surface area contributed by atoms with Gasteiger partial charge in [-0.3, -0.25) is 0 Å². The van der Waals surface area contributed by atoms with Crippen LogP contribution in [0.15, 0.2) is 47.4 Å². The Balaban J connectivity index is 1.58. The standard InChI is InChI=1S/C21H25Cl2N3O3S/c1-15-5-8-18(9-6-15)30(28,29)26-13-3-2-4-17(26)11-12-24-21(27)25-16-7-10-19(22)20(23)14-16/h5-10,14,17H,2-4,11-13H2,1H3,(H2,24,25,27). The van der Waals surface area contributed by atoms with Crippen LogP contribution in [0.2, 0.25) is 10.0 Å². The lowest BCUT2D eigenvalue weighted by molar-refractivity contribution is 0.234. The maximum atomic E-state index is 13.1. The molecule has 1 unspecified atom stereocenters. The largest absolute Gasteiger partial charge is 0.338 e. The molecule has 2 N–H and O–H groups in total. The highest BCUT2D eigenvalue weighted by atomic mass is 35.5. The van der Waals surface area contributed by atoms with Crippen LogP contribution in [-0.4, -0.2) is 37.9 Å². The number of nitrogens with one attached hydrogen (secondary N) is 2. The van der Waals surface area contributed by atoms with E-state index in [0.717, 1.165) is 24.8 Å². The third kappa shape index (κ3) is 5.66. The average Bonchev–Trinajstić information content (AvgIpc) is 2.71. The molecule has 1 saturated heterocycles. The van der Waals surface area contributed by atoms with Crippen molar-refractivity contribution in [3.8, 4) is 0 Å². The third-order valence-corrected chi connectivity index (χ3v) is 7.85. The van der Waals surface area contributed by atoms with Crippen molar-refractivity contribution in [3.63, 3.8) is 0 Å². The summed E-state index contributed by atoms with van der Waals surface area (Å²) in [5, 5.41) is 6.25. The molecule has 0 radical (unpaired) electrons. The number of halogens is 2. The number of amides is 2. The zero-order valence-corrected chi connectivity index (χ0v) is 19.0. The molecule has 0 aromatic heterocycles. The Morgan fingerprint density at radius 2 is 1.83 bits per heavy atom. The Labute approximate surface area is 187 Å². The summed E-state index contributed by atoms with van der Waals surface area (Å²) in [4.78, 5) is 12.5. The van der Waals surface area contributed by atoms with Crippen molar-refractivity contribution in [1.29, 1.82) is 0 Å². The van der Waals surface area contributed by atoms with Crippen molar-refractivity contribution in [2.45, 2.75) is 43.5 Å². The lowest BCUT2D eigenvalue weighted by Gasteiger charge is -2.34. The molecule has 0 aliphatic carbocycles. The van der Waals surface area contributed by atoms with E-state index in [9.17, 15) is 13.2 Å². The van der Waals surface area contributed by atoms with Gasteiger partial charge in [0.15, 0.2) is 0 Å². The second kappa shape index (κ2) is 10.0. The van der Waals surface area contributed by atoms with Crippen molar-refractivity contribution in [2.75, 3.05) is 18.4 Å². The number of benzene rings is 2. The molecule has 2 aromatic rings. The van der Waals surface area contributed by atoms with Crippen molar-refractivity contribution in [2.24, 2.45) is 0 Å². The molecule has 1 heterocycles. The lowest BCUT2D eigenvalue weighted by Crippen LogP contribution is -2.45. The summed E-state index contributed by atoms with van der Waals surface area (Å²) in [5.74, 6) is 0. The highest BCUT2D eigenvalue weighted by Crippen LogP contribution is 2.27. The van der Waals surface area contributed by atoms with Gasteiger partial charge in [0.05, 0.1) is 14.9 Å². The fourth-order valence-electron chi connectivity index (χ4n) is 3.53. The number of piperidine rings is 1. The minimum atomic E-state index is -3.56. The molecule has 1 aliphatic heterocycles. The number of sulfonamides is 1. The molecule has 0 saturated carbocycles. The van der Waals surface area contributed by atoms with Gasteiger partial charge < -0.3 is 10.6 Å². The molecule has 2 amide bonds. The quantitative estimate of drug-likeness (QED) is 0.620. The molecule has 0 spiro atoms. The molecule has 1 aliphatic rings. The maximum absolute atomic E-state index is 13.1. The zero-order chi connectivity index (χ0) is 21.7. The Morgan fingerprint density at radius 1 is 1.10 bits per heavy atom. The molecule has 6 nitrogen and oxygen atoms in total. The smallest absolute Gasteiger partial charge is 0.319 e. The van der Waals surface area contributed by atoms with Gasteiger partial charge in [-0.25, -0.2) is 13.2 Å². The summed E-state index contributed by atoms with van der Waals surface area (Å²) in [5.41, 5.74) is 1.55. The summed E-state index contributed by atoms with van der Waals surface area (Å²) in [6.07, 6.45) is 3.13. The van der Waals surface area contributed by atoms with Gasteiger partial charge in [0.2, 0.25) is 10.0 Å². The molecule has 0 bridgehead atoms. The average molecular weight is 470 g/mol. The first-order valence-electron chi connectivity index (χ1n) is 9.86. The Hall–Kier alpha value is -1.80. The molecule has 30 heavy (non-hydrogen) atoms. The van der Waals surface area contributed by atoms with Gasteiger partial charge in [0.1, 0.15) is 0 Å². The predicted molar refractivity (Wildman–Crippen MR) is 121 cm³/mol. The van der Waals surface area contributed by atoms with E-state index in [4.69, 9.17) is 23.2 Å². The van der Waals surface area contributed by atoms with Crippen molar-refractivity contribution in [1.82, 2.24) is 9.62 Å². The molecule has 9 heteroatoms. The second-order valence-electron chi connectivity index (χ2n) is 7.38. The van der Waals surface area contributed by atoms with E-state index in [1.165, 1.54) is 0 Å². The first-order valence-corrected chi connectivity index (χ1v) is 12.1. The minimum absolute atomic E-state index is 0.143. The van der Waals surface area contributed by atoms with Crippen molar-refractivity contribution >= 4 is 44.9 Å². The van der Waals surface area contributed by atoms with E-state index in [0.29, 0.717) is 40.1 Å². The van der Waals surface area contributed by atoms with Crippen LogP contribution in [0.1, 0.15) is 31.2 Å². The van der Waals surface area contributed by atoms with Gasteiger partial charge in [-0.05, 0) is 56.5 Å². The van der Waals surface area contributed by atoms with Crippen LogP contribution >= 0.6 is 23.2 Å². The third-order valence-electron chi connectivity index (χ3n) is 5.14. The number of nitrogens with zero attached hydrogens (tertiary/aromatic N) is 1. The molecular weight excluding hydrogens is 445 g/mol. The topological polar surface area (TPSA) is 78.5 Å². The molecule has 2 aromatic carbocycles. The highest BCUT2D eigenvalue weighted by molar-refractivity contribution is 7.89. The first kappa shape index (κ1) is 22.9. The predicted octanol–water partition coefficient (Wildman–Crippen LogP) is 5.06. The molecule has 1 fully saturated rings. The maximum Gasteiger partial charge on any atom is 0.319 e. The fourth-order valence-corrected chi connectivity index (χ4v) is 5.55. The summed E-state index contributed by atoms with van der Waals surface area (Å²) < 4.78 is 27.8. The Bertz CT molecular complexity index is 997. The van der Waals surface area contributed by atoms with Gasteiger partial charge in [-0.2, -0.15) is 4.31 Å². The van der Waals surface area contributed by atoms with E-state index in [1.54, 1.807) is 46.8 Å². The summed E-state index contributed by atoms with van der Waals surface area (Å²) >= 11 is 11.8. The number of hydrogen-bond acceptors (Lipinski definition) is 3. The normalized spacial score (nSPS) is 17.5. The number of rotatable bonds is 6. The van der Waals surface area contributed by atoms with Crippen LogP contribution in [-0.2, 0) is 10.0 Å². The van der Waals surface area contributed by atoms with Crippen LogP contribution in [0.3, 0.4) is 0 Å². The molecular formula is C21H25Cl2N3O3S. The van der Waals surface area contributed by atoms with Crippen molar-refractivity contribution < 1.29 is 13.2 Å². The van der Waals surface area contributed by atoms with Gasteiger partial charge in [-0.15, -0.1) is 0 Å². The summed E-state index contributed by atoms with van der Waals surface area (Å²) in [7, 11) is -3.56. The highest BCUT2D eigenvalue weighted by Gasteiger charge is 2.33. The summed E-state index contributed by atoms with van der Waals surface area (Å²) in [6, 6.07) is 11.2. The second-order valence-corrected chi connectivity index (χ2v) is 10.1. The van der Waals surface area contributed by atoms with Crippen LogP contribution in [0, 0.1) is 6.92 Å².